The molecule has 0 unspecified atom stereocenters. The van der Waals surface area contributed by atoms with Crippen LogP contribution in [0.2, 0.25) is 0 Å². The average molecular weight is 287 g/mol. The number of para-hydroxylation sites is 2. The number of aromatic nitrogens is 2. The van der Waals surface area contributed by atoms with Gasteiger partial charge in [0, 0.05) is 6.54 Å². The molecule has 0 radical (unpaired) electrons. The number of benzene rings is 1. The second-order valence-electron chi connectivity index (χ2n) is 5.65. The Labute approximate surface area is 124 Å². The fourth-order valence-electron chi connectivity index (χ4n) is 3.02. The van der Waals surface area contributed by atoms with Crippen molar-refractivity contribution in [1.82, 2.24) is 14.5 Å². The van der Waals surface area contributed by atoms with E-state index < -0.39 is 5.97 Å². The Balaban J connectivity index is 1.87. The molecule has 0 spiro atoms. The smallest absolute Gasteiger partial charge is 0.305 e. The van der Waals surface area contributed by atoms with E-state index in [1.54, 1.807) is 0 Å². The van der Waals surface area contributed by atoms with E-state index in [-0.39, 0.29) is 6.42 Å². The zero-order chi connectivity index (χ0) is 14.7. The first-order valence-corrected chi connectivity index (χ1v) is 7.62. The van der Waals surface area contributed by atoms with Gasteiger partial charge in [-0.05, 0) is 38.1 Å². The monoisotopic (exact) mass is 287 g/mol. The van der Waals surface area contributed by atoms with Gasteiger partial charge in [-0.1, -0.05) is 18.6 Å². The van der Waals surface area contributed by atoms with E-state index in [0.29, 0.717) is 6.54 Å². The van der Waals surface area contributed by atoms with Gasteiger partial charge in [0.25, 0.3) is 0 Å². The normalized spacial score (nSPS) is 16.4. The van der Waals surface area contributed by atoms with Gasteiger partial charge < -0.3 is 9.67 Å². The molecule has 1 aromatic heterocycles. The number of imidazole rings is 1. The van der Waals surface area contributed by atoms with E-state index in [1.807, 2.05) is 24.3 Å². The van der Waals surface area contributed by atoms with Crippen LogP contribution in [0.25, 0.3) is 11.0 Å². The SMILES string of the molecule is O=C(O)CCn1c(CN2CCCCC2)nc2ccccc21. The summed E-state index contributed by atoms with van der Waals surface area (Å²) in [6.45, 7) is 3.53. The van der Waals surface area contributed by atoms with Crippen molar-refractivity contribution in [2.45, 2.75) is 38.8 Å². The molecule has 1 fully saturated rings. The number of rotatable bonds is 5. The third-order valence-corrected chi connectivity index (χ3v) is 4.10. The van der Waals surface area contributed by atoms with Crippen molar-refractivity contribution >= 4 is 17.0 Å². The highest BCUT2D eigenvalue weighted by Crippen LogP contribution is 2.19. The maximum Gasteiger partial charge on any atom is 0.305 e. The summed E-state index contributed by atoms with van der Waals surface area (Å²) >= 11 is 0. The summed E-state index contributed by atoms with van der Waals surface area (Å²) in [6, 6.07) is 7.96. The quantitative estimate of drug-likeness (QED) is 0.918. The average Bonchev–Trinajstić information content (AvgIpc) is 2.83. The molecule has 5 heteroatoms. The molecule has 21 heavy (non-hydrogen) atoms. The Bertz CT molecular complexity index is 629. The minimum Gasteiger partial charge on any atom is -0.481 e. The molecule has 3 rings (SSSR count). The van der Waals surface area contributed by atoms with Crippen LogP contribution in [0.5, 0.6) is 0 Å². The zero-order valence-corrected chi connectivity index (χ0v) is 12.2. The summed E-state index contributed by atoms with van der Waals surface area (Å²) in [7, 11) is 0. The number of hydrogen-bond donors (Lipinski definition) is 1. The summed E-state index contributed by atoms with van der Waals surface area (Å²) in [5.41, 5.74) is 1.99. The molecule has 112 valence electrons. The van der Waals surface area contributed by atoms with Crippen LogP contribution >= 0.6 is 0 Å². The summed E-state index contributed by atoms with van der Waals surface area (Å²) in [6.07, 6.45) is 3.93. The highest BCUT2D eigenvalue weighted by atomic mass is 16.4. The standard InChI is InChI=1S/C16H21N3O2/c20-16(21)8-11-19-14-7-3-2-6-13(14)17-15(19)12-18-9-4-1-5-10-18/h2-3,6-7H,1,4-5,8-12H2,(H,20,21). The van der Waals surface area contributed by atoms with Gasteiger partial charge in [0.1, 0.15) is 5.82 Å². The van der Waals surface area contributed by atoms with Crippen LogP contribution in [-0.2, 0) is 17.9 Å². The number of hydrogen-bond acceptors (Lipinski definition) is 3. The molecule has 1 saturated heterocycles. The largest absolute Gasteiger partial charge is 0.481 e. The minimum absolute atomic E-state index is 0.132. The lowest BCUT2D eigenvalue weighted by Crippen LogP contribution is -2.30. The number of carboxylic acids is 1. The van der Waals surface area contributed by atoms with Crippen LogP contribution in [0, 0.1) is 0 Å². The van der Waals surface area contributed by atoms with E-state index in [9.17, 15) is 4.79 Å². The Morgan fingerprint density at radius 1 is 1.19 bits per heavy atom. The fraction of sp³-hybridized carbons (Fsp3) is 0.500. The third kappa shape index (κ3) is 3.24. The molecule has 1 aromatic carbocycles. The maximum atomic E-state index is 10.9. The van der Waals surface area contributed by atoms with Gasteiger partial charge in [0.05, 0.1) is 24.0 Å². The number of carboxylic acid groups (broad SMARTS) is 1. The summed E-state index contributed by atoms with van der Waals surface area (Å²) in [4.78, 5) is 18.0. The molecule has 0 aliphatic carbocycles. The predicted molar refractivity (Wildman–Crippen MR) is 81.1 cm³/mol. The molecule has 0 saturated carbocycles. The molecule has 1 aliphatic heterocycles. The van der Waals surface area contributed by atoms with Crippen LogP contribution in [0.4, 0.5) is 0 Å². The number of nitrogens with zero attached hydrogens (tertiary/aromatic N) is 3. The molecular formula is C16H21N3O2. The lowest BCUT2D eigenvalue weighted by Gasteiger charge is -2.26. The van der Waals surface area contributed by atoms with E-state index in [0.717, 1.165) is 36.5 Å². The van der Waals surface area contributed by atoms with Gasteiger partial charge in [-0.15, -0.1) is 0 Å². The first kappa shape index (κ1) is 14.1. The van der Waals surface area contributed by atoms with Crippen LogP contribution in [0.15, 0.2) is 24.3 Å². The second kappa shape index (κ2) is 6.26. The predicted octanol–water partition coefficient (Wildman–Crippen LogP) is 2.50. The first-order valence-electron chi connectivity index (χ1n) is 7.62. The zero-order valence-electron chi connectivity index (χ0n) is 12.2. The van der Waals surface area contributed by atoms with Crippen LogP contribution in [0.1, 0.15) is 31.5 Å². The second-order valence-corrected chi connectivity index (χ2v) is 5.65. The van der Waals surface area contributed by atoms with E-state index in [2.05, 4.69) is 9.47 Å². The van der Waals surface area contributed by atoms with Crippen molar-refractivity contribution in [2.75, 3.05) is 13.1 Å². The molecule has 2 heterocycles. The first-order chi connectivity index (χ1) is 10.2. The van der Waals surface area contributed by atoms with E-state index >= 15 is 0 Å². The van der Waals surface area contributed by atoms with E-state index in [4.69, 9.17) is 10.1 Å². The highest BCUT2D eigenvalue weighted by Gasteiger charge is 2.16. The number of aryl methyl sites for hydroxylation is 1. The molecule has 0 bridgehead atoms. The molecule has 2 aromatic rings. The van der Waals surface area contributed by atoms with Crippen molar-refractivity contribution in [3.63, 3.8) is 0 Å². The summed E-state index contributed by atoms with van der Waals surface area (Å²) < 4.78 is 2.07. The van der Waals surface area contributed by atoms with Crippen LogP contribution in [0.3, 0.4) is 0 Å². The Hall–Kier alpha value is -1.88. The van der Waals surface area contributed by atoms with E-state index in [1.165, 1.54) is 19.3 Å². The maximum absolute atomic E-state index is 10.9. The molecule has 0 atom stereocenters. The van der Waals surface area contributed by atoms with Crippen molar-refractivity contribution in [2.24, 2.45) is 0 Å². The van der Waals surface area contributed by atoms with Gasteiger partial charge >= 0.3 is 5.97 Å². The van der Waals surface area contributed by atoms with Crippen molar-refractivity contribution in [3.05, 3.63) is 30.1 Å². The lowest BCUT2D eigenvalue weighted by molar-refractivity contribution is -0.137. The number of likely N-dealkylation sites (tertiary alicyclic amines) is 1. The Morgan fingerprint density at radius 3 is 2.71 bits per heavy atom. The summed E-state index contributed by atoms with van der Waals surface area (Å²) in [5, 5.41) is 8.95. The third-order valence-electron chi connectivity index (χ3n) is 4.10. The minimum atomic E-state index is -0.767. The molecule has 5 nitrogen and oxygen atoms in total. The number of aliphatic carboxylic acids is 1. The topological polar surface area (TPSA) is 58.4 Å². The Morgan fingerprint density at radius 2 is 1.95 bits per heavy atom. The number of carbonyl (C=O) groups is 1. The highest BCUT2D eigenvalue weighted by molar-refractivity contribution is 5.76. The molecule has 0 amide bonds. The lowest BCUT2D eigenvalue weighted by atomic mass is 10.1. The molecular weight excluding hydrogens is 266 g/mol. The van der Waals surface area contributed by atoms with Gasteiger partial charge in [0.2, 0.25) is 0 Å². The summed E-state index contributed by atoms with van der Waals surface area (Å²) in [5.74, 6) is 0.219. The van der Waals surface area contributed by atoms with Crippen LogP contribution in [-0.4, -0.2) is 38.6 Å². The van der Waals surface area contributed by atoms with Gasteiger partial charge in [-0.25, -0.2) is 4.98 Å². The van der Waals surface area contributed by atoms with Gasteiger partial charge in [0.15, 0.2) is 0 Å². The molecule has 1 aliphatic rings. The number of piperidine rings is 1. The fourth-order valence-corrected chi connectivity index (χ4v) is 3.02. The van der Waals surface area contributed by atoms with Crippen molar-refractivity contribution in [1.29, 1.82) is 0 Å². The molecule has 1 N–H and O–H groups in total. The number of fused-ring (bicyclic) bond motifs is 1. The van der Waals surface area contributed by atoms with Gasteiger partial charge in [-0.3, -0.25) is 9.69 Å². The Kier molecular flexibility index (Phi) is 4.20. The van der Waals surface area contributed by atoms with Crippen LogP contribution < -0.4 is 0 Å². The van der Waals surface area contributed by atoms with Crippen molar-refractivity contribution in [3.8, 4) is 0 Å². The van der Waals surface area contributed by atoms with Gasteiger partial charge in [-0.2, -0.15) is 0 Å². The van der Waals surface area contributed by atoms with Crippen molar-refractivity contribution < 1.29 is 9.90 Å².